The number of rotatable bonds is 6. The van der Waals surface area contributed by atoms with Crippen molar-refractivity contribution in [2.75, 3.05) is 13.2 Å². The molecule has 11 heteroatoms. The molecule has 2 saturated heterocycles. The summed E-state index contributed by atoms with van der Waals surface area (Å²) in [5, 5.41) is 7.99. The first-order chi connectivity index (χ1) is 12.5. The van der Waals surface area contributed by atoms with Crippen molar-refractivity contribution in [2.24, 2.45) is 0 Å². The minimum atomic E-state index is -4.96. The molecule has 0 aromatic rings. The van der Waals surface area contributed by atoms with Crippen molar-refractivity contribution >= 4 is 18.4 Å². The summed E-state index contributed by atoms with van der Waals surface area (Å²) in [7, 11) is -7.15. The van der Waals surface area contributed by atoms with Gasteiger partial charge in [-0.2, -0.15) is 8.42 Å². The summed E-state index contributed by atoms with van der Waals surface area (Å²) >= 11 is 0. The van der Waals surface area contributed by atoms with Crippen LogP contribution < -0.4 is 0 Å². The summed E-state index contributed by atoms with van der Waals surface area (Å²) in [6.45, 7) is 15.1. The topological polar surface area (TPSA) is 121 Å². The lowest BCUT2D eigenvalue weighted by Crippen LogP contribution is -2.68. The van der Waals surface area contributed by atoms with Crippen LogP contribution in [0.4, 0.5) is 0 Å². The van der Waals surface area contributed by atoms with Crippen molar-refractivity contribution in [3.63, 3.8) is 0 Å². The second-order valence-electron chi connectivity index (χ2n) is 9.25. The van der Waals surface area contributed by atoms with Crippen molar-refractivity contribution in [2.45, 2.75) is 95.0 Å². The van der Waals surface area contributed by atoms with Gasteiger partial charge in [-0.3, -0.25) is 4.55 Å². The predicted molar refractivity (Wildman–Crippen MR) is 104 cm³/mol. The van der Waals surface area contributed by atoms with Gasteiger partial charge in [0.15, 0.2) is 20.2 Å². The first kappa shape index (κ1) is 24.2. The molecule has 166 valence electrons. The van der Waals surface area contributed by atoms with E-state index in [0.29, 0.717) is 0 Å². The van der Waals surface area contributed by atoms with E-state index in [4.69, 9.17) is 23.4 Å². The Morgan fingerprint density at radius 2 is 1.64 bits per heavy atom. The molecule has 9 nitrogen and oxygen atoms in total. The molecule has 5 atom stereocenters. The van der Waals surface area contributed by atoms with Crippen LogP contribution in [0.3, 0.4) is 0 Å². The van der Waals surface area contributed by atoms with Crippen LogP contribution >= 0.6 is 0 Å². The molecule has 0 unspecified atom stereocenters. The summed E-state index contributed by atoms with van der Waals surface area (Å²) in [6, 6.07) is 0. The third kappa shape index (κ3) is 4.32. The fourth-order valence-corrected chi connectivity index (χ4v) is 5.11. The molecule has 0 amide bonds. The van der Waals surface area contributed by atoms with E-state index in [1.807, 2.05) is 0 Å². The second-order valence-corrected chi connectivity index (χ2v) is 15.6. The summed E-state index contributed by atoms with van der Waals surface area (Å²) in [5.41, 5.74) is 0. The minimum absolute atomic E-state index is 0.00810. The fraction of sp³-hybridized carbons (Fsp3) is 1.00. The summed E-state index contributed by atoms with van der Waals surface area (Å²) in [5.74, 6) is -1.07. The molecule has 0 bridgehead atoms. The largest absolute Gasteiger partial charge is 0.414 e. The van der Waals surface area contributed by atoms with Crippen molar-refractivity contribution in [3.8, 4) is 0 Å². The zero-order valence-corrected chi connectivity index (χ0v) is 19.7. The minimum Gasteiger partial charge on any atom is -0.414 e. The zero-order valence-electron chi connectivity index (χ0n) is 17.9. The molecule has 2 heterocycles. The molecule has 0 aromatic heterocycles. The van der Waals surface area contributed by atoms with Gasteiger partial charge in [-0.15, -0.1) is 0 Å². The maximum Gasteiger partial charge on any atom is 0.329 e. The number of ether oxygens (including phenoxy) is 4. The molecule has 2 aliphatic heterocycles. The molecular formula is C17H34O9SSi. The first-order valence-corrected chi connectivity index (χ1v) is 13.8. The molecule has 2 aliphatic rings. The van der Waals surface area contributed by atoms with Crippen LogP contribution in [-0.4, -0.2) is 74.9 Å². The highest BCUT2D eigenvalue weighted by Crippen LogP contribution is 2.44. The van der Waals surface area contributed by atoms with E-state index in [1.54, 1.807) is 13.8 Å². The second kappa shape index (κ2) is 7.54. The molecule has 0 spiro atoms. The van der Waals surface area contributed by atoms with Crippen molar-refractivity contribution in [3.05, 3.63) is 0 Å². The van der Waals surface area contributed by atoms with Gasteiger partial charge < -0.3 is 28.5 Å². The van der Waals surface area contributed by atoms with Gasteiger partial charge in [0, 0.05) is 6.61 Å². The van der Waals surface area contributed by atoms with Gasteiger partial charge >= 0.3 is 15.2 Å². The monoisotopic (exact) mass is 442 g/mol. The van der Waals surface area contributed by atoms with Gasteiger partial charge in [-0.1, -0.05) is 20.8 Å². The molecule has 0 aliphatic carbocycles. The summed E-state index contributed by atoms with van der Waals surface area (Å²) in [4.78, 5) is 0. The Labute approximate surface area is 168 Å². The number of fused-ring (bicyclic) bond motifs is 1. The van der Waals surface area contributed by atoms with E-state index in [9.17, 15) is 18.1 Å². The quantitative estimate of drug-likeness (QED) is 0.469. The van der Waals surface area contributed by atoms with Gasteiger partial charge in [0.1, 0.15) is 18.3 Å². The van der Waals surface area contributed by atoms with E-state index in [2.05, 4.69) is 33.9 Å². The lowest BCUT2D eigenvalue weighted by atomic mass is 9.99. The molecule has 2 rings (SSSR count). The van der Waals surface area contributed by atoms with Gasteiger partial charge in [0.2, 0.25) is 0 Å². The van der Waals surface area contributed by atoms with Gasteiger partial charge in [-0.05, 0) is 38.9 Å². The smallest absolute Gasteiger partial charge is 0.329 e. The van der Waals surface area contributed by atoms with Gasteiger partial charge in [0.25, 0.3) is 0 Å². The highest BCUT2D eigenvalue weighted by molar-refractivity contribution is 7.87. The Balaban J connectivity index is 2.40. The van der Waals surface area contributed by atoms with E-state index < -0.39 is 53.8 Å². The number of hydrogen-bond acceptors (Lipinski definition) is 8. The molecular weight excluding hydrogens is 408 g/mol. The predicted octanol–water partition coefficient (Wildman–Crippen LogP) is 1.87. The average Bonchev–Trinajstić information content (AvgIpc) is 2.82. The van der Waals surface area contributed by atoms with E-state index in [0.717, 1.165) is 0 Å². The Kier molecular flexibility index (Phi) is 6.50. The Hall–Kier alpha value is -0.113. The lowest BCUT2D eigenvalue weighted by molar-refractivity contribution is -0.307. The van der Waals surface area contributed by atoms with Crippen LogP contribution in [0.15, 0.2) is 0 Å². The number of hydrogen-bond donors (Lipinski definition) is 2. The van der Waals surface area contributed by atoms with Crippen LogP contribution in [0.5, 0.6) is 0 Å². The number of aliphatic hydroxyl groups is 1. The van der Waals surface area contributed by atoms with Gasteiger partial charge in [0.05, 0.1) is 6.61 Å². The maximum atomic E-state index is 12.2. The molecule has 28 heavy (non-hydrogen) atoms. The van der Waals surface area contributed by atoms with Crippen molar-refractivity contribution in [1.29, 1.82) is 0 Å². The van der Waals surface area contributed by atoms with Crippen molar-refractivity contribution < 1.29 is 41.5 Å². The number of aliphatic hydroxyl groups excluding tert-OH is 1. The van der Waals surface area contributed by atoms with Crippen LogP contribution in [0.1, 0.15) is 41.5 Å². The standard InChI is InChI=1S/C17H34O9SSi/c1-9-22-17(27(19,20)21)14(18)13-12(25-16(5,6)26-13)11(24-17)10-23-28(7,8)15(2,3)4/h11-14,18H,9-10H2,1-8H3,(H,19,20,21)/t11-,12+,13+,14-,17+/m1/s1. The summed E-state index contributed by atoms with van der Waals surface area (Å²) in [6.07, 6.45) is -4.61. The van der Waals surface area contributed by atoms with E-state index in [-0.39, 0.29) is 18.3 Å². The SMILES string of the molecule is CCO[C@]1(S(=O)(=O)O)O[C@H](CO[Si](C)(C)C(C)(C)C)[C@@H]2OC(C)(C)O[C@@H]2[C@H]1O. The zero-order chi connectivity index (χ0) is 21.8. The molecule has 0 saturated carbocycles. The van der Waals surface area contributed by atoms with Crippen LogP contribution in [0.25, 0.3) is 0 Å². The summed E-state index contributed by atoms with van der Waals surface area (Å²) < 4.78 is 63.0. The van der Waals surface area contributed by atoms with E-state index in [1.165, 1.54) is 6.92 Å². The molecule has 0 radical (unpaired) electrons. The normalized spacial score (nSPS) is 36.4. The van der Waals surface area contributed by atoms with Crippen molar-refractivity contribution in [1.82, 2.24) is 0 Å². The van der Waals surface area contributed by atoms with E-state index >= 15 is 0 Å². The first-order valence-electron chi connectivity index (χ1n) is 9.44. The maximum absolute atomic E-state index is 12.2. The third-order valence-electron chi connectivity index (χ3n) is 5.64. The molecule has 2 N–H and O–H groups in total. The highest BCUT2D eigenvalue weighted by Gasteiger charge is 2.67. The van der Waals surface area contributed by atoms with Crippen LogP contribution in [0.2, 0.25) is 18.1 Å². The Morgan fingerprint density at radius 3 is 2.11 bits per heavy atom. The average molecular weight is 443 g/mol. The Bertz CT molecular complexity index is 673. The van der Waals surface area contributed by atoms with Crippen LogP contribution in [0, 0.1) is 0 Å². The Morgan fingerprint density at radius 1 is 1.11 bits per heavy atom. The third-order valence-corrected chi connectivity index (χ3v) is 11.3. The molecule has 0 aromatic carbocycles. The van der Waals surface area contributed by atoms with Crippen LogP contribution in [-0.2, 0) is 33.5 Å². The fourth-order valence-electron chi connectivity index (χ4n) is 3.14. The molecule has 2 fully saturated rings. The van der Waals surface area contributed by atoms with Gasteiger partial charge in [-0.25, -0.2) is 0 Å². The lowest BCUT2D eigenvalue weighted by Gasteiger charge is -2.46. The highest BCUT2D eigenvalue weighted by atomic mass is 32.2.